The van der Waals surface area contributed by atoms with Crippen molar-refractivity contribution in [1.29, 1.82) is 0 Å². The Hall–Kier alpha value is -0.690. The van der Waals surface area contributed by atoms with Crippen molar-refractivity contribution in [1.82, 2.24) is 4.90 Å². The van der Waals surface area contributed by atoms with Gasteiger partial charge in [-0.2, -0.15) is 0 Å². The molecule has 5 atom stereocenters. The van der Waals surface area contributed by atoms with E-state index in [4.69, 9.17) is 18.9 Å². The summed E-state index contributed by atoms with van der Waals surface area (Å²) in [6.07, 6.45) is -0.114. The van der Waals surface area contributed by atoms with E-state index in [0.717, 1.165) is 0 Å². The number of hydrogen-bond acceptors (Lipinski definition) is 5. The number of amides is 1. The zero-order chi connectivity index (χ0) is 14.3. The molecule has 0 unspecified atom stereocenters. The minimum Gasteiger partial charge on any atom is -0.344 e. The number of rotatable bonds is 0. The fourth-order valence-corrected chi connectivity index (χ4v) is 4.02. The molecule has 0 bridgehead atoms. The predicted molar refractivity (Wildman–Crippen MR) is 67.8 cm³/mol. The Morgan fingerprint density at radius 3 is 2.15 bits per heavy atom. The monoisotopic (exact) mass is 283 g/mol. The van der Waals surface area contributed by atoms with Gasteiger partial charge in [-0.15, -0.1) is 0 Å². The molecule has 6 heteroatoms. The van der Waals surface area contributed by atoms with E-state index in [0.29, 0.717) is 13.0 Å². The maximum atomic E-state index is 12.3. The fraction of sp³-hybridized carbons (Fsp3) is 0.929. The summed E-state index contributed by atoms with van der Waals surface area (Å²) in [4.78, 5) is 14.2. The summed E-state index contributed by atoms with van der Waals surface area (Å²) in [7, 11) is 0. The van der Waals surface area contributed by atoms with Gasteiger partial charge in [0.1, 0.15) is 18.3 Å². The lowest BCUT2D eigenvalue weighted by molar-refractivity contribution is -0.181. The van der Waals surface area contributed by atoms with Gasteiger partial charge in [0.25, 0.3) is 0 Å². The Morgan fingerprint density at radius 1 is 0.950 bits per heavy atom. The van der Waals surface area contributed by atoms with Gasteiger partial charge in [-0.1, -0.05) is 0 Å². The minimum absolute atomic E-state index is 0.0648. The second-order valence-corrected chi connectivity index (χ2v) is 7.02. The van der Waals surface area contributed by atoms with Crippen LogP contribution in [-0.2, 0) is 23.7 Å². The zero-order valence-corrected chi connectivity index (χ0v) is 12.3. The molecule has 4 fully saturated rings. The van der Waals surface area contributed by atoms with Gasteiger partial charge >= 0.3 is 0 Å². The molecule has 0 saturated carbocycles. The summed E-state index contributed by atoms with van der Waals surface area (Å²) in [6, 6.07) is -0.102. The third-order valence-electron chi connectivity index (χ3n) is 4.55. The third-order valence-corrected chi connectivity index (χ3v) is 4.55. The third kappa shape index (κ3) is 1.75. The van der Waals surface area contributed by atoms with Gasteiger partial charge in [0.15, 0.2) is 11.6 Å². The number of nitrogens with zero attached hydrogens (tertiary/aromatic N) is 1. The van der Waals surface area contributed by atoms with Crippen LogP contribution in [0, 0.1) is 0 Å². The summed E-state index contributed by atoms with van der Waals surface area (Å²) in [5, 5.41) is 0. The van der Waals surface area contributed by atoms with Gasteiger partial charge in [0, 0.05) is 0 Å². The van der Waals surface area contributed by atoms with Crippen molar-refractivity contribution in [3.63, 3.8) is 0 Å². The highest BCUT2D eigenvalue weighted by Gasteiger charge is 2.62. The highest BCUT2D eigenvalue weighted by atomic mass is 16.8. The van der Waals surface area contributed by atoms with Crippen LogP contribution in [0.15, 0.2) is 0 Å². The van der Waals surface area contributed by atoms with Crippen LogP contribution >= 0.6 is 0 Å². The summed E-state index contributed by atoms with van der Waals surface area (Å²) in [5.74, 6) is -1.12. The molecule has 0 aromatic carbocycles. The summed E-state index contributed by atoms with van der Waals surface area (Å²) < 4.78 is 23.8. The van der Waals surface area contributed by atoms with Gasteiger partial charge < -0.3 is 23.8 Å². The molecule has 1 amide bonds. The van der Waals surface area contributed by atoms with Crippen molar-refractivity contribution in [2.24, 2.45) is 0 Å². The average Bonchev–Trinajstić information content (AvgIpc) is 2.85. The lowest BCUT2D eigenvalue weighted by Gasteiger charge is -2.38. The van der Waals surface area contributed by atoms with Crippen molar-refractivity contribution >= 4 is 5.91 Å². The molecule has 4 aliphatic heterocycles. The molecule has 112 valence electrons. The fourth-order valence-electron chi connectivity index (χ4n) is 4.02. The standard InChI is InChI=1S/C14H21NO5/c1-13(2)17-7-5-9(16)15-6-8-12(10(15)11(7)19-13)20-14(3,4)18-8/h7-8,10-12H,5-6H2,1-4H3/t7-,8-,10-,11-,12-/m1/s1. The first-order chi connectivity index (χ1) is 9.26. The van der Waals surface area contributed by atoms with E-state index in [1.165, 1.54) is 0 Å². The van der Waals surface area contributed by atoms with Crippen LogP contribution in [0.3, 0.4) is 0 Å². The van der Waals surface area contributed by atoms with Crippen LogP contribution in [-0.4, -0.2) is 59.4 Å². The Bertz CT molecular complexity index is 462. The van der Waals surface area contributed by atoms with Crippen molar-refractivity contribution in [3.8, 4) is 0 Å². The number of fused-ring (bicyclic) bond motifs is 5. The lowest BCUT2D eigenvalue weighted by Crippen LogP contribution is -2.57. The average molecular weight is 283 g/mol. The van der Waals surface area contributed by atoms with Gasteiger partial charge in [-0.3, -0.25) is 4.79 Å². The van der Waals surface area contributed by atoms with Crippen LogP contribution in [0.5, 0.6) is 0 Å². The maximum Gasteiger partial charge on any atom is 0.225 e. The second kappa shape index (κ2) is 3.74. The Balaban J connectivity index is 1.66. The highest BCUT2D eigenvalue weighted by molar-refractivity contribution is 5.79. The SMILES string of the molecule is CC1(C)O[C@H]2[C@@H]3[C@@H]4OC(C)(C)O[C@@H]4CN3C(=O)C[C@H]2O1. The van der Waals surface area contributed by atoms with Crippen LogP contribution in [0.2, 0.25) is 0 Å². The van der Waals surface area contributed by atoms with Crippen molar-refractivity contribution in [2.45, 2.75) is 76.1 Å². The van der Waals surface area contributed by atoms with Gasteiger partial charge in [0.05, 0.1) is 25.1 Å². The normalized spacial score (nSPS) is 48.1. The van der Waals surface area contributed by atoms with Crippen LogP contribution in [0.25, 0.3) is 0 Å². The largest absolute Gasteiger partial charge is 0.344 e. The van der Waals surface area contributed by atoms with E-state index in [2.05, 4.69) is 0 Å². The first-order valence-electron chi connectivity index (χ1n) is 7.26. The number of carbonyl (C=O) groups excluding carboxylic acids is 1. The molecular formula is C14H21NO5. The van der Waals surface area contributed by atoms with Crippen molar-refractivity contribution in [2.75, 3.05) is 6.54 Å². The lowest BCUT2D eigenvalue weighted by atomic mass is 9.94. The molecule has 4 saturated heterocycles. The quantitative estimate of drug-likeness (QED) is 0.653. The highest BCUT2D eigenvalue weighted by Crippen LogP contribution is 2.45. The number of ether oxygens (including phenoxy) is 4. The van der Waals surface area contributed by atoms with Crippen LogP contribution in [0.4, 0.5) is 0 Å². The van der Waals surface area contributed by atoms with Gasteiger partial charge in [-0.25, -0.2) is 0 Å². The number of piperidine rings is 1. The van der Waals surface area contributed by atoms with Crippen molar-refractivity contribution < 1.29 is 23.7 Å². The van der Waals surface area contributed by atoms with Crippen molar-refractivity contribution in [3.05, 3.63) is 0 Å². The molecular weight excluding hydrogens is 262 g/mol. The van der Waals surface area contributed by atoms with E-state index in [1.807, 2.05) is 32.6 Å². The smallest absolute Gasteiger partial charge is 0.225 e. The van der Waals surface area contributed by atoms with Gasteiger partial charge in [-0.05, 0) is 27.7 Å². The van der Waals surface area contributed by atoms with Gasteiger partial charge in [0.2, 0.25) is 5.91 Å². The molecule has 0 aromatic rings. The maximum absolute atomic E-state index is 12.3. The molecule has 0 aromatic heterocycles. The summed E-state index contributed by atoms with van der Waals surface area (Å²) >= 11 is 0. The molecule has 0 aliphatic carbocycles. The Morgan fingerprint density at radius 2 is 1.50 bits per heavy atom. The summed E-state index contributed by atoms with van der Waals surface area (Å²) in [6.45, 7) is 8.19. The summed E-state index contributed by atoms with van der Waals surface area (Å²) in [5.41, 5.74) is 0. The molecule has 0 radical (unpaired) electrons. The van der Waals surface area contributed by atoms with Crippen LogP contribution < -0.4 is 0 Å². The molecule has 20 heavy (non-hydrogen) atoms. The molecule has 0 spiro atoms. The predicted octanol–water partition coefficient (Wildman–Crippen LogP) is 0.641. The first kappa shape index (κ1) is 13.0. The Labute approximate surface area is 118 Å². The molecule has 4 aliphatic rings. The number of hydrogen-bond donors (Lipinski definition) is 0. The minimum atomic E-state index is -0.640. The van der Waals surface area contributed by atoms with Crippen LogP contribution in [0.1, 0.15) is 34.1 Å². The second-order valence-electron chi connectivity index (χ2n) is 7.02. The first-order valence-corrected chi connectivity index (χ1v) is 7.26. The number of carbonyl (C=O) groups is 1. The molecule has 6 nitrogen and oxygen atoms in total. The van der Waals surface area contributed by atoms with E-state index in [-0.39, 0.29) is 36.4 Å². The van der Waals surface area contributed by atoms with E-state index in [1.54, 1.807) is 0 Å². The van der Waals surface area contributed by atoms with E-state index in [9.17, 15) is 4.79 Å². The topological polar surface area (TPSA) is 57.2 Å². The van der Waals surface area contributed by atoms with E-state index < -0.39 is 11.6 Å². The molecule has 4 rings (SSSR count). The molecule has 4 heterocycles. The zero-order valence-electron chi connectivity index (χ0n) is 12.3. The van der Waals surface area contributed by atoms with E-state index >= 15 is 0 Å². The molecule has 0 N–H and O–H groups in total. The Kier molecular flexibility index (Phi) is 2.43.